The maximum Gasteiger partial charge on any atom is 0.256 e. The first-order chi connectivity index (χ1) is 12.8. The van der Waals surface area contributed by atoms with Gasteiger partial charge in [-0.1, -0.05) is 45.9 Å². The zero-order valence-electron chi connectivity index (χ0n) is 16.9. The van der Waals surface area contributed by atoms with E-state index in [9.17, 15) is 4.79 Å². The van der Waals surface area contributed by atoms with Gasteiger partial charge in [-0.15, -0.1) is 0 Å². The number of carbonyl (C=O) groups is 1. The maximum atomic E-state index is 13.2. The Bertz CT molecular complexity index is 970. The van der Waals surface area contributed by atoms with Crippen molar-refractivity contribution in [1.82, 2.24) is 14.8 Å². The first-order valence-electron chi connectivity index (χ1n) is 9.58. The fourth-order valence-corrected chi connectivity index (χ4v) is 3.20. The Labute approximate surface area is 160 Å². The van der Waals surface area contributed by atoms with E-state index in [-0.39, 0.29) is 17.9 Å². The van der Waals surface area contributed by atoms with E-state index in [2.05, 4.69) is 58.0 Å². The molecule has 1 amide bonds. The summed E-state index contributed by atoms with van der Waals surface area (Å²) in [5, 5.41) is 8.35. The Kier molecular flexibility index (Phi) is 5.31. The minimum atomic E-state index is -0.124. The van der Waals surface area contributed by atoms with Crippen molar-refractivity contribution < 1.29 is 4.79 Å². The van der Waals surface area contributed by atoms with E-state index in [0.717, 1.165) is 28.0 Å². The summed E-state index contributed by atoms with van der Waals surface area (Å²) in [6.07, 6.45) is 1.75. The molecule has 0 spiro atoms. The smallest absolute Gasteiger partial charge is 0.256 e. The van der Waals surface area contributed by atoms with Crippen molar-refractivity contribution in [3.63, 3.8) is 0 Å². The van der Waals surface area contributed by atoms with E-state index in [1.807, 2.05) is 28.9 Å². The third kappa shape index (κ3) is 3.72. The molecule has 3 rings (SSSR count). The summed E-state index contributed by atoms with van der Waals surface area (Å²) in [6.45, 7) is 12.5. The van der Waals surface area contributed by atoms with E-state index in [4.69, 9.17) is 4.98 Å². The second-order valence-electron chi connectivity index (χ2n) is 7.87. The molecule has 0 fully saturated rings. The second kappa shape index (κ2) is 7.51. The lowest BCUT2D eigenvalue weighted by Crippen LogP contribution is -2.15. The molecule has 0 atom stereocenters. The normalized spacial score (nSPS) is 11.7. The van der Waals surface area contributed by atoms with Crippen LogP contribution in [-0.4, -0.2) is 20.7 Å². The summed E-state index contributed by atoms with van der Waals surface area (Å²) in [7, 11) is 0. The van der Waals surface area contributed by atoms with Crippen LogP contribution in [0.4, 0.5) is 5.69 Å². The first kappa shape index (κ1) is 19.1. The number of hydrogen-bond donors (Lipinski definition) is 1. The largest absolute Gasteiger partial charge is 0.322 e. The van der Waals surface area contributed by atoms with Crippen LogP contribution >= 0.6 is 0 Å². The van der Waals surface area contributed by atoms with Gasteiger partial charge in [0.05, 0.1) is 17.1 Å². The van der Waals surface area contributed by atoms with Crippen molar-refractivity contribution in [1.29, 1.82) is 0 Å². The van der Waals surface area contributed by atoms with Crippen molar-refractivity contribution in [2.45, 2.75) is 59.4 Å². The highest BCUT2D eigenvalue weighted by atomic mass is 16.1. The molecule has 1 aromatic carbocycles. The highest BCUT2D eigenvalue weighted by Gasteiger charge is 2.20. The minimum Gasteiger partial charge on any atom is -0.322 e. The molecule has 0 bridgehead atoms. The van der Waals surface area contributed by atoms with Crippen LogP contribution < -0.4 is 5.32 Å². The molecule has 0 radical (unpaired) electrons. The van der Waals surface area contributed by atoms with Crippen molar-refractivity contribution in [2.75, 3.05) is 5.32 Å². The number of amides is 1. The number of nitrogens with one attached hydrogen (secondary N) is 1. The predicted octanol–water partition coefficient (Wildman–Crippen LogP) is 5.51. The van der Waals surface area contributed by atoms with Gasteiger partial charge < -0.3 is 5.32 Å². The van der Waals surface area contributed by atoms with Gasteiger partial charge in [0, 0.05) is 17.4 Å². The summed E-state index contributed by atoms with van der Waals surface area (Å²) in [4.78, 5) is 18.0. The molecule has 2 aromatic heterocycles. The zero-order chi connectivity index (χ0) is 19.7. The molecule has 27 heavy (non-hydrogen) atoms. The monoisotopic (exact) mass is 364 g/mol. The number of aromatic nitrogens is 3. The van der Waals surface area contributed by atoms with Crippen LogP contribution in [0.15, 0.2) is 36.5 Å². The van der Waals surface area contributed by atoms with Gasteiger partial charge in [-0.25, -0.2) is 9.67 Å². The molecule has 2 heterocycles. The third-order valence-corrected chi connectivity index (χ3v) is 4.74. The Balaban J connectivity index is 2.09. The van der Waals surface area contributed by atoms with E-state index in [1.54, 1.807) is 6.20 Å². The summed E-state index contributed by atoms with van der Waals surface area (Å²) < 4.78 is 1.88. The molecular formula is C22H28N4O. The van der Waals surface area contributed by atoms with Gasteiger partial charge in [-0.2, -0.15) is 5.10 Å². The van der Waals surface area contributed by atoms with Crippen molar-refractivity contribution >= 4 is 22.6 Å². The van der Waals surface area contributed by atoms with Crippen LogP contribution in [0.25, 0.3) is 11.0 Å². The van der Waals surface area contributed by atoms with Gasteiger partial charge in [-0.05, 0) is 43.4 Å². The molecule has 0 aliphatic heterocycles. The van der Waals surface area contributed by atoms with Crippen LogP contribution in [0, 0.1) is 0 Å². The zero-order valence-corrected chi connectivity index (χ0v) is 16.9. The number of anilines is 1. The van der Waals surface area contributed by atoms with Crippen molar-refractivity contribution in [2.24, 2.45) is 0 Å². The summed E-state index contributed by atoms with van der Waals surface area (Å²) in [5.74, 6) is 0.425. The van der Waals surface area contributed by atoms with Crippen molar-refractivity contribution in [3.05, 3.63) is 53.3 Å². The number of benzene rings is 1. The molecule has 0 unspecified atom stereocenters. The van der Waals surface area contributed by atoms with E-state index in [0.29, 0.717) is 11.5 Å². The number of para-hydroxylation sites is 1. The Morgan fingerprint density at radius 1 is 1.04 bits per heavy atom. The summed E-state index contributed by atoms with van der Waals surface area (Å²) >= 11 is 0. The van der Waals surface area contributed by atoms with E-state index in [1.165, 1.54) is 0 Å². The molecule has 0 saturated heterocycles. The SMILES string of the molecule is CC(C)c1cc(C(=O)Nc2ccccc2C(C)C)c2cnn(C(C)C)c2n1. The molecule has 1 N–H and O–H groups in total. The maximum absolute atomic E-state index is 13.2. The number of hydrogen-bond acceptors (Lipinski definition) is 3. The van der Waals surface area contributed by atoms with Gasteiger partial charge in [0.25, 0.3) is 5.91 Å². The van der Waals surface area contributed by atoms with Crippen LogP contribution in [0.2, 0.25) is 0 Å². The third-order valence-electron chi connectivity index (χ3n) is 4.74. The van der Waals surface area contributed by atoms with E-state index >= 15 is 0 Å². The van der Waals surface area contributed by atoms with Gasteiger partial charge in [0.1, 0.15) is 0 Å². The molecule has 5 nitrogen and oxygen atoms in total. The fraction of sp³-hybridized carbons (Fsp3) is 0.409. The van der Waals surface area contributed by atoms with Crippen molar-refractivity contribution in [3.8, 4) is 0 Å². The quantitative estimate of drug-likeness (QED) is 0.649. The molecule has 0 aliphatic rings. The topological polar surface area (TPSA) is 59.8 Å². The average molecular weight is 364 g/mol. The Morgan fingerprint density at radius 3 is 2.37 bits per heavy atom. The lowest BCUT2D eigenvalue weighted by atomic mass is 10.0. The Morgan fingerprint density at radius 2 is 1.74 bits per heavy atom. The summed E-state index contributed by atoms with van der Waals surface area (Å²) in [6, 6.07) is 10.0. The van der Waals surface area contributed by atoms with Gasteiger partial charge in [0.2, 0.25) is 0 Å². The second-order valence-corrected chi connectivity index (χ2v) is 7.87. The van der Waals surface area contributed by atoms with Gasteiger partial charge in [-0.3, -0.25) is 4.79 Å². The van der Waals surface area contributed by atoms with Crippen LogP contribution in [-0.2, 0) is 0 Å². The fourth-order valence-electron chi connectivity index (χ4n) is 3.20. The number of nitrogens with zero attached hydrogens (tertiary/aromatic N) is 3. The van der Waals surface area contributed by atoms with Crippen LogP contribution in [0.1, 0.15) is 81.0 Å². The number of rotatable bonds is 5. The average Bonchev–Trinajstić information content (AvgIpc) is 3.05. The van der Waals surface area contributed by atoms with Gasteiger partial charge >= 0.3 is 0 Å². The molecule has 0 saturated carbocycles. The Hall–Kier alpha value is -2.69. The standard InChI is InChI=1S/C22H28N4O/c1-13(2)16-9-7-8-10-19(16)25-22(27)17-11-20(14(3)4)24-21-18(17)12-23-26(21)15(5)6/h7-15H,1-6H3,(H,25,27). The molecule has 3 aromatic rings. The number of pyridine rings is 1. The highest BCUT2D eigenvalue weighted by molar-refractivity contribution is 6.12. The van der Waals surface area contributed by atoms with Crippen LogP contribution in [0.3, 0.4) is 0 Å². The molecule has 5 heteroatoms. The number of fused-ring (bicyclic) bond motifs is 1. The molecular weight excluding hydrogens is 336 g/mol. The summed E-state index contributed by atoms with van der Waals surface area (Å²) in [5.41, 5.74) is 4.25. The number of carbonyl (C=O) groups excluding carboxylic acids is 1. The van der Waals surface area contributed by atoms with Crippen LogP contribution in [0.5, 0.6) is 0 Å². The lowest BCUT2D eigenvalue weighted by molar-refractivity contribution is 0.102. The molecule has 0 aliphatic carbocycles. The van der Waals surface area contributed by atoms with E-state index < -0.39 is 0 Å². The molecule has 142 valence electrons. The first-order valence-corrected chi connectivity index (χ1v) is 9.58. The van der Waals surface area contributed by atoms with Gasteiger partial charge in [0.15, 0.2) is 5.65 Å². The predicted molar refractivity (Wildman–Crippen MR) is 110 cm³/mol. The lowest BCUT2D eigenvalue weighted by Gasteiger charge is -2.15. The highest BCUT2D eigenvalue weighted by Crippen LogP contribution is 2.27. The minimum absolute atomic E-state index is 0.124.